The highest BCUT2D eigenvalue weighted by molar-refractivity contribution is 7.80. The van der Waals surface area contributed by atoms with Gasteiger partial charge in [-0.3, -0.25) is 0 Å². The number of halogens is 1. The number of ether oxygens (including phenoxy) is 1. The molecule has 0 saturated carbocycles. The van der Waals surface area contributed by atoms with E-state index in [4.69, 9.17) is 16.3 Å². The first-order valence-electron chi connectivity index (χ1n) is 6.97. The number of anilines is 1. The highest BCUT2D eigenvalue weighted by Gasteiger charge is 2.10. The summed E-state index contributed by atoms with van der Waals surface area (Å²) in [7, 11) is 1.88. The van der Waals surface area contributed by atoms with Gasteiger partial charge in [0.25, 0.3) is 0 Å². The molecule has 2 nitrogen and oxygen atoms in total. The molecule has 21 heavy (non-hydrogen) atoms. The summed E-state index contributed by atoms with van der Waals surface area (Å²) in [4.78, 5) is 0.993. The molecule has 0 atom stereocenters. The van der Waals surface area contributed by atoms with E-state index in [0.717, 1.165) is 39.4 Å². The van der Waals surface area contributed by atoms with Crippen molar-refractivity contribution in [3.63, 3.8) is 0 Å². The average Bonchev–Trinajstić information content (AvgIpc) is 2.48. The van der Waals surface area contributed by atoms with Crippen LogP contribution in [0.2, 0.25) is 5.02 Å². The normalized spacial score (nSPS) is 10.5. The third-order valence-electron chi connectivity index (χ3n) is 3.52. The van der Waals surface area contributed by atoms with Gasteiger partial charge in [0.1, 0.15) is 12.4 Å². The van der Waals surface area contributed by atoms with E-state index in [2.05, 4.69) is 30.9 Å². The maximum Gasteiger partial charge on any atom is 0.123 e. The van der Waals surface area contributed by atoms with Gasteiger partial charge in [0.05, 0.1) is 0 Å². The lowest BCUT2D eigenvalue weighted by Gasteiger charge is -2.15. The van der Waals surface area contributed by atoms with Gasteiger partial charge in [-0.05, 0) is 48.7 Å². The van der Waals surface area contributed by atoms with Crippen LogP contribution in [0.5, 0.6) is 5.75 Å². The van der Waals surface area contributed by atoms with Crippen LogP contribution in [0.15, 0.2) is 35.2 Å². The van der Waals surface area contributed by atoms with Crippen LogP contribution < -0.4 is 10.1 Å². The first kappa shape index (κ1) is 16.1. The van der Waals surface area contributed by atoms with E-state index in [0.29, 0.717) is 11.6 Å². The number of hydrogen-bond acceptors (Lipinski definition) is 3. The topological polar surface area (TPSA) is 21.3 Å². The minimum absolute atomic E-state index is 0.439. The van der Waals surface area contributed by atoms with Crippen molar-refractivity contribution in [2.24, 2.45) is 0 Å². The SMILES string of the molecule is CCc1cc(S)c(C)cc1OCc1c(Cl)cccc1NC. The third kappa shape index (κ3) is 3.66. The molecule has 112 valence electrons. The smallest absolute Gasteiger partial charge is 0.123 e. The van der Waals surface area contributed by atoms with Crippen molar-refractivity contribution in [1.29, 1.82) is 0 Å². The molecule has 2 aromatic rings. The van der Waals surface area contributed by atoms with Crippen molar-refractivity contribution in [1.82, 2.24) is 0 Å². The van der Waals surface area contributed by atoms with E-state index < -0.39 is 0 Å². The molecule has 0 amide bonds. The summed E-state index contributed by atoms with van der Waals surface area (Å²) in [5, 5.41) is 3.86. The molecule has 4 heteroatoms. The Morgan fingerprint density at radius 1 is 1.29 bits per heavy atom. The van der Waals surface area contributed by atoms with Crippen molar-refractivity contribution < 1.29 is 4.74 Å². The van der Waals surface area contributed by atoms with Crippen LogP contribution in [-0.4, -0.2) is 7.05 Å². The quantitative estimate of drug-likeness (QED) is 0.746. The van der Waals surface area contributed by atoms with Crippen molar-refractivity contribution >= 4 is 29.9 Å². The zero-order valence-electron chi connectivity index (χ0n) is 12.5. The number of rotatable bonds is 5. The lowest BCUT2D eigenvalue weighted by atomic mass is 10.1. The lowest BCUT2D eigenvalue weighted by Crippen LogP contribution is -2.03. The molecule has 0 aromatic heterocycles. The Balaban J connectivity index is 2.26. The van der Waals surface area contributed by atoms with Crippen LogP contribution in [-0.2, 0) is 13.0 Å². The molecule has 0 radical (unpaired) electrons. The van der Waals surface area contributed by atoms with Crippen LogP contribution in [0.4, 0.5) is 5.69 Å². The summed E-state index contributed by atoms with van der Waals surface area (Å²) in [5.74, 6) is 0.898. The molecule has 0 bridgehead atoms. The zero-order valence-corrected chi connectivity index (χ0v) is 14.2. The van der Waals surface area contributed by atoms with Crippen LogP contribution in [0.25, 0.3) is 0 Å². The molecular formula is C17H20ClNOS. The Labute approximate surface area is 136 Å². The van der Waals surface area contributed by atoms with Crippen molar-refractivity contribution in [2.75, 3.05) is 12.4 Å². The molecule has 0 saturated heterocycles. The molecule has 0 aliphatic carbocycles. The van der Waals surface area contributed by atoms with Crippen LogP contribution in [0.3, 0.4) is 0 Å². The maximum atomic E-state index is 6.27. The molecule has 2 aromatic carbocycles. The minimum Gasteiger partial charge on any atom is -0.488 e. The molecule has 2 rings (SSSR count). The van der Waals surface area contributed by atoms with Gasteiger partial charge in [0, 0.05) is 28.2 Å². The van der Waals surface area contributed by atoms with Crippen LogP contribution in [0.1, 0.15) is 23.6 Å². The maximum absolute atomic E-state index is 6.27. The Hall–Kier alpha value is -1.32. The third-order valence-corrected chi connectivity index (χ3v) is 4.36. The standard InChI is InChI=1S/C17H20ClNOS/c1-4-12-9-17(21)11(2)8-16(12)20-10-13-14(18)6-5-7-15(13)19-3/h5-9,19,21H,4,10H2,1-3H3. The number of aryl methyl sites for hydroxylation is 2. The lowest BCUT2D eigenvalue weighted by molar-refractivity contribution is 0.303. The summed E-state index contributed by atoms with van der Waals surface area (Å²) in [5.41, 5.74) is 4.22. The van der Waals surface area contributed by atoms with Gasteiger partial charge in [0.2, 0.25) is 0 Å². The second-order valence-electron chi connectivity index (χ2n) is 4.90. The highest BCUT2D eigenvalue weighted by Crippen LogP contribution is 2.29. The van der Waals surface area contributed by atoms with Crippen molar-refractivity contribution in [3.8, 4) is 5.75 Å². The van der Waals surface area contributed by atoms with Gasteiger partial charge in [-0.1, -0.05) is 24.6 Å². The van der Waals surface area contributed by atoms with Gasteiger partial charge in [-0.15, -0.1) is 12.6 Å². The average molecular weight is 322 g/mol. The Bertz CT molecular complexity index is 643. The first-order valence-corrected chi connectivity index (χ1v) is 7.79. The molecule has 0 unspecified atom stereocenters. The molecule has 1 N–H and O–H groups in total. The van der Waals surface area contributed by atoms with Crippen molar-refractivity contribution in [3.05, 3.63) is 52.0 Å². The second-order valence-corrected chi connectivity index (χ2v) is 5.79. The van der Waals surface area contributed by atoms with Gasteiger partial charge >= 0.3 is 0 Å². The van der Waals surface area contributed by atoms with Gasteiger partial charge in [0.15, 0.2) is 0 Å². The van der Waals surface area contributed by atoms with Gasteiger partial charge < -0.3 is 10.1 Å². The van der Waals surface area contributed by atoms with E-state index in [1.165, 1.54) is 0 Å². The monoisotopic (exact) mass is 321 g/mol. The fourth-order valence-electron chi connectivity index (χ4n) is 2.21. The van der Waals surface area contributed by atoms with E-state index in [1.807, 2.05) is 38.2 Å². The van der Waals surface area contributed by atoms with Gasteiger partial charge in [-0.25, -0.2) is 0 Å². The van der Waals surface area contributed by atoms with Crippen molar-refractivity contribution in [2.45, 2.75) is 31.8 Å². The number of hydrogen-bond donors (Lipinski definition) is 2. The zero-order chi connectivity index (χ0) is 15.4. The number of benzene rings is 2. The Morgan fingerprint density at radius 3 is 2.71 bits per heavy atom. The molecular weight excluding hydrogens is 302 g/mol. The predicted molar refractivity (Wildman–Crippen MR) is 93.1 cm³/mol. The summed E-state index contributed by atoms with van der Waals surface area (Å²) in [6.07, 6.45) is 0.907. The molecule has 0 aliphatic heterocycles. The van der Waals surface area contributed by atoms with Crippen LogP contribution >= 0.6 is 24.2 Å². The molecule has 0 heterocycles. The summed E-state index contributed by atoms with van der Waals surface area (Å²) < 4.78 is 6.01. The Kier molecular flexibility index (Phi) is 5.43. The number of nitrogens with one attached hydrogen (secondary N) is 1. The Morgan fingerprint density at radius 2 is 2.05 bits per heavy atom. The predicted octanol–water partition coefficient (Wildman–Crippen LogP) is 5.12. The fraction of sp³-hybridized carbons (Fsp3) is 0.294. The molecule has 0 spiro atoms. The highest BCUT2D eigenvalue weighted by atomic mass is 35.5. The summed E-state index contributed by atoms with van der Waals surface area (Å²) in [6.45, 7) is 4.58. The number of thiol groups is 1. The first-order chi connectivity index (χ1) is 10.1. The van der Waals surface area contributed by atoms with Crippen LogP contribution in [0, 0.1) is 6.92 Å². The van der Waals surface area contributed by atoms with E-state index in [1.54, 1.807) is 0 Å². The van der Waals surface area contributed by atoms with Gasteiger partial charge in [-0.2, -0.15) is 0 Å². The largest absolute Gasteiger partial charge is 0.488 e. The second kappa shape index (κ2) is 7.10. The molecule has 0 fully saturated rings. The molecule has 0 aliphatic rings. The van der Waals surface area contributed by atoms with E-state index in [-0.39, 0.29) is 0 Å². The van der Waals surface area contributed by atoms with E-state index in [9.17, 15) is 0 Å². The fourth-order valence-corrected chi connectivity index (χ4v) is 2.66. The summed E-state index contributed by atoms with van der Waals surface area (Å²) in [6, 6.07) is 9.91. The van der Waals surface area contributed by atoms with E-state index >= 15 is 0 Å². The minimum atomic E-state index is 0.439. The summed E-state index contributed by atoms with van der Waals surface area (Å²) >= 11 is 10.7.